The van der Waals surface area contributed by atoms with Crippen molar-refractivity contribution in [3.8, 4) is 5.75 Å². The molecule has 1 N–H and O–H groups in total. The van der Waals surface area contributed by atoms with E-state index in [1.165, 1.54) is 11.8 Å². The molecule has 3 rings (SSSR count). The van der Waals surface area contributed by atoms with Crippen LogP contribution in [0.1, 0.15) is 17.0 Å². The number of rotatable bonds is 10. The molecule has 1 amide bonds. The lowest BCUT2D eigenvalue weighted by Crippen LogP contribution is -2.24. The molecule has 0 aliphatic heterocycles. The van der Waals surface area contributed by atoms with Crippen LogP contribution in [0.15, 0.2) is 60.3 Å². The van der Waals surface area contributed by atoms with Crippen molar-refractivity contribution in [2.75, 3.05) is 5.75 Å². The molecule has 2 aromatic carbocycles. The van der Waals surface area contributed by atoms with E-state index in [9.17, 15) is 4.79 Å². The second kappa shape index (κ2) is 11.2. The lowest BCUT2D eigenvalue weighted by atomic mass is 10.2. The Bertz CT molecular complexity index is 1050. The first kappa shape index (κ1) is 23.2. The summed E-state index contributed by atoms with van der Waals surface area (Å²) in [5.41, 5.74) is 1.92. The summed E-state index contributed by atoms with van der Waals surface area (Å²) in [4.78, 5) is 12.2. The van der Waals surface area contributed by atoms with Gasteiger partial charge in [-0.1, -0.05) is 53.2 Å². The van der Waals surface area contributed by atoms with Crippen LogP contribution in [0.5, 0.6) is 5.75 Å². The molecule has 0 aliphatic carbocycles. The third-order valence-corrected chi connectivity index (χ3v) is 5.79. The molecule has 31 heavy (non-hydrogen) atoms. The fraction of sp³-hybridized carbons (Fsp3) is 0.227. The molecule has 1 heterocycles. The smallest absolute Gasteiger partial charge is 0.230 e. The Morgan fingerprint density at radius 2 is 1.94 bits per heavy atom. The van der Waals surface area contributed by atoms with Crippen molar-refractivity contribution in [1.82, 2.24) is 20.1 Å². The summed E-state index contributed by atoms with van der Waals surface area (Å²) in [6, 6.07) is 12.8. The molecule has 0 bridgehead atoms. The van der Waals surface area contributed by atoms with Gasteiger partial charge >= 0.3 is 0 Å². The predicted molar refractivity (Wildman–Crippen MR) is 125 cm³/mol. The first-order valence-electron chi connectivity index (χ1n) is 9.52. The number of hydrogen-bond donors (Lipinski definition) is 1. The Hall–Kier alpha value is -2.48. The van der Waals surface area contributed by atoms with Gasteiger partial charge in [0.05, 0.1) is 5.75 Å². The van der Waals surface area contributed by atoms with E-state index >= 15 is 0 Å². The molecule has 0 radical (unpaired) electrons. The zero-order chi connectivity index (χ0) is 22.2. The van der Waals surface area contributed by atoms with E-state index in [0.717, 1.165) is 16.9 Å². The first-order valence-corrected chi connectivity index (χ1v) is 11.3. The van der Waals surface area contributed by atoms with E-state index in [-0.39, 0.29) is 18.3 Å². The van der Waals surface area contributed by atoms with Crippen molar-refractivity contribution in [3.63, 3.8) is 0 Å². The summed E-state index contributed by atoms with van der Waals surface area (Å²) in [5.74, 6) is 1.51. The number of carbonyl (C=O) groups excluding carboxylic acids is 1. The van der Waals surface area contributed by atoms with Gasteiger partial charge < -0.3 is 10.1 Å². The van der Waals surface area contributed by atoms with Crippen LogP contribution in [0.3, 0.4) is 0 Å². The second-order valence-corrected chi connectivity index (χ2v) is 8.50. The number of benzene rings is 2. The van der Waals surface area contributed by atoms with E-state index in [4.69, 9.17) is 27.9 Å². The number of amides is 1. The van der Waals surface area contributed by atoms with Gasteiger partial charge in [-0.15, -0.1) is 16.8 Å². The van der Waals surface area contributed by atoms with Crippen molar-refractivity contribution < 1.29 is 9.53 Å². The number of thioether (sulfide) groups is 1. The summed E-state index contributed by atoms with van der Waals surface area (Å²) < 4.78 is 7.77. The Balaban J connectivity index is 1.57. The van der Waals surface area contributed by atoms with Gasteiger partial charge in [-0.25, -0.2) is 0 Å². The van der Waals surface area contributed by atoms with Gasteiger partial charge in [-0.05, 0) is 48.4 Å². The van der Waals surface area contributed by atoms with Gasteiger partial charge in [0, 0.05) is 23.1 Å². The number of halogens is 2. The van der Waals surface area contributed by atoms with E-state index in [1.807, 2.05) is 35.8 Å². The van der Waals surface area contributed by atoms with Crippen LogP contribution in [-0.2, 0) is 24.5 Å². The molecule has 0 aliphatic rings. The van der Waals surface area contributed by atoms with E-state index in [2.05, 4.69) is 22.1 Å². The van der Waals surface area contributed by atoms with Gasteiger partial charge in [0.15, 0.2) is 11.0 Å². The number of aryl methyl sites for hydroxylation is 1. The quantitative estimate of drug-likeness (QED) is 0.326. The molecule has 6 nitrogen and oxygen atoms in total. The Morgan fingerprint density at radius 1 is 1.19 bits per heavy atom. The van der Waals surface area contributed by atoms with E-state index in [0.29, 0.717) is 34.1 Å². The van der Waals surface area contributed by atoms with E-state index < -0.39 is 0 Å². The fourth-order valence-corrected chi connectivity index (χ4v) is 3.90. The monoisotopic (exact) mass is 476 g/mol. The Kier molecular flexibility index (Phi) is 8.40. The molecule has 0 spiro atoms. The van der Waals surface area contributed by atoms with Gasteiger partial charge in [-0.3, -0.25) is 9.36 Å². The number of aromatic nitrogens is 3. The number of nitrogens with one attached hydrogen (secondary N) is 1. The maximum absolute atomic E-state index is 12.2. The molecule has 0 atom stereocenters. The average Bonchev–Trinajstić information content (AvgIpc) is 3.13. The number of allylic oxidation sites excluding steroid dienone is 1. The van der Waals surface area contributed by atoms with Crippen LogP contribution in [-0.4, -0.2) is 26.4 Å². The molecule has 0 saturated carbocycles. The highest BCUT2D eigenvalue weighted by Gasteiger charge is 2.14. The number of nitrogens with zero attached hydrogens (tertiary/aromatic N) is 3. The minimum atomic E-state index is -0.0947. The van der Waals surface area contributed by atoms with Gasteiger partial charge in [0.2, 0.25) is 5.91 Å². The highest BCUT2D eigenvalue weighted by molar-refractivity contribution is 7.99. The van der Waals surface area contributed by atoms with Crippen molar-refractivity contribution >= 4 is 40.9 Å². The molecular formula is C22H22Cl2N4O2S. The molecule has 1 aromatic heterocycles. The average molecular weight is 477 g/mol. The number of carbonyl (C=O) groups is 1. The molecule has 9 heteroatoms. The topological polar surface area (TPSA) is 69.0 Å². The maximum Gasteiger partial charge on any atom is 0.230 e. The zero-order valence-corrected chi connectivity index (χ0v) is 19.3. The Labute approximate surface area is 195 Å². The lowest BCUT2D eigenvalue weighted by molar-refractivity contribution is -0.118. The zero-order valence-electron chi connectivity index (χ0n) is 17.0. The summed E-state index contributed by atoms with van der Waals surface area (Å²) in [7, 11) is 0. The normalized spacial score (nSPS) is 10.7. The minimum absolute atomic E-state index is 0.0947. The van der Waals surface area contributed by atoms with Crippen molar-refractivity contribution in [2.24, 2.45) is 0 Å². The van der Waals surface area contributed by atoms with Gasteiger partial charge in [0.1, 0.15) is 12.4 Å². The highest BCUT2D eigenvalue weighted by atomic mass is 35.5. The third-order valence-electron chi connectivity index (χ3n) is 4.33. The maximum atomic E-state index is 12.2. The van der Waals surface area contributed by atoms with Crippen LogP contribution in [0.25, 0.3) is 0 Å². The van der Waals surface area contributed by atoms with Crippen LogP contribution in [0.2, 0.25) is 10.0 Å². The predicted octanol–water partition coefficient (Wildman–Crippen LogP) is 5.07. The molecule has 0 saturated heterocycles. The summed E-state index contributed by atoms with van der Waals surface area (Å²) >= 11 is 13.2. The van der Waals surface area contributed by atoms with Crippen LogP contribution >= 0.6 is 35.0 Å². The SMILES string of the molecule is C=CCn1c(COc2ccc(Cl)cc2C)nnc1SCC(=O)NCc1ccc(Cl)cc1. The molecule has 3 aromatic rings. The lowest BCUT2D eigenvalue weighted by Gasteiger charge is -2.11. The fourth-order valence-electron chi connectivity index (χ4n) is 2.75. The third kappa shape index (κ3) is 6.75. The van der Waals surface area contributed by atoms with Crippen molar-refractivity contribution in [2.45, 2.75) is 31.8 Å². The molecular weight excluding hydrogens is 455 g/mol. The summed E-state index contributed by atoms with van der Waals surface area (Å²) in [5, 5.41) is 13.3. The van der Waals surface area contributed by atoms with Crippen molar-refractivity contribution in [1.29, 1.82) is 0 Å². The molecule has 162 valence electrons. The largest absolute Gasteiger partial charge is 0.485 e. The van der Waals surface area contributed by atoms with Crippen LogP contribution in [0.4, 0.5) is 0 Å². The molecule has 0 unspecified atom stereocenters. The van der Waals surface area contributed by atoms with Gasteiger partial charge in [0.25, 0.3) is 0 Å². The van der Waals surface area contributed by atoms with Crippen LogP contribution in [0, 0.1) is 6.92 Å². The molecule has 0 fully saturated rings. The second-order valence-electron chi connectivity index (χ2n) is 6.69. The van der Waals surface area contributed by atoms with Gasteiger partial charge in [-0.2, -0.15) is 0 Å². The highest BCUT2D eigenvalue weighted by Crippen LogP contribution is 2.23. The van der Waals surface area contributed by atoms with Crippen LogP contribution < -0.4 is 10.1 Å². The first-order chi connectivity index (χ1) is 15.0. The standard InChI is InChI=1S/C22H22Cl2N4O2S/c1-3-10-28-20(13-30-19-9-8-18(24)11-15(19)2)26-27-22(28)31-14-21(29)25-12-16-4-6-17(23)7-5-16/h3-9,11H,1,10,12-14H2,2H3,(H,25,29). The summed E-state index contributed by atoms with van der Waals surface area (Å²) in [6.45, 7) is 6.92. The number of ether oxygens (including phenoxy) is 1. The Morgan fingerprint density at radius 3 is 2.65 bits per heavy atom. The summed E-state index contributed by atoms with van der Waals surface area (Å²) in [6.07, 6.45) is 1.76. The number of hydrogen-bond acceptors (Lipinski definition) is 5. The van der Waals surface area contributed by atoms with E-state index in [1.54, 1.807) is 24.3 Å². The van der Waals surface area contributed by atoms with Crippen molar-refractivity contribution in [3.05, 3.63) is 82.1 Å². The minimum Gasteiger partial charge on any atom is -0.485 e.